The SMILES string of the molecule is Cc1nc2nccc(C3CCCN(C(=O)c4ccc5[nH]c(=O)ccc5c4)C3)n2n1. The summed E-state index contributed by atoms with van der Waals surface area (Å²) in [6.07, 6.45) is 3.67. The number of piperidine rings is 1. The second kappa shape index (κ2) is 6.80. The number of fused-ring (bicyclic) bond motifs is 2. The number of H-pyrrole nitrogens is 1. The van der Waals surface area contributed by atoms with E-state index in [-0.39, 0.29) is 17.4 Å². The Morgan fingerprint density at radius 1 is 1.21 bits per heavy atom. The van der Waals surface area contributed by atoms with Gasteiger partial charge in [-0.15, -0.1) is 0 Å². The molecule has 146 valence electrons. The van der Waals surface area contributed by atoms with Gasteiger partial charge >= 0.3 is 0 Å². The van der Waals surface area contributed by atoms with Crippen molar-refractivity contribution in [3.8, 4) is 0 Å². The first-order chi connectivity index (χ1) is 14.1. The summed E-state index contributed by atoms with van der Waals surface area (Å²) in [4.78, 5) is 37.9. The quantitative estimate of drug-likeness (QED) is 0.568. The number of likely N-dealkylation sites (tertiary alicyclic amines) is 1. The van der Waals surface area contributed by atoms with Gasteiger partial charge in [0, 0.05) is 42.4 Å². The van der Waals surface area contributed by atoms with Gasteiger partial charge in [0.05, 0.1) is 5.69 Å². The van der Waals surface area contributed by atoms with Crippen molar-refractivity contribution in [1.82, 2.24) is 29.5 Å². The highest BCUT2D eigenvalue weighted by Crippen LogP contribution is 2.28. The van der Waals surface area contributed by atoms with Crippen molar-refractivity contribution in [1.29, 1.82) is 0 Å². The number of aromatic nitrogens is 5. The fourth-order valence-electron chi connectivity index (χ4n) is 4.09. The van der Waals surface area contributed by atoms with Crippen LogP contribution in [0.2, 0.25) is 0 Å². The Morgan fingerprint density at radius 2 is 2.10 bits per heavy atom. The Balaban J connectivity index is 1.43. The summed E-state index contributed by atoms with van der Waals surface area (Å²) in [5.41, 5.74) is 2.24. The van der Waals surface area contributed by atoms with Crippen LogP contribution in [0.5, 0.6) is 0 Å². The van der Waals surface area contributed by atoms with Crippen LogP contribution in [0, 0.1) is 6.92 Å². The van der Waals surface area contributed by atoms with Crippen LogP contribution in [0.15, 0.2) is 47.4 Å². The van der Waals surface area contributed by atoms with Crippen molar-refractivity contribution in [2.45, 2.75) is 25.7 Å². The van der Waals surface area contributed by atoms with E-state index in [0.29, 0.717) is 23.7 Å². The molecule has 4 heterocycles. The van der Waals surface area contributed by atoms with Gasteiger partial charge in [-0.05, 0) is 55.5 Å². The second-order valence-corrected chi connectivity index (χ2v) is 7.46. The van der Waals surface area contributed by atoms with Crippen LogP contribution in [-0.4, -0.2) is 48.5 Å². The minimum absolute atomic E-state index is 0.00266. The highest BCUT2D eigenvalue weighted by molar-refractivity contribution is 5.98. The number of benzene rings is 1. The van der Waals surface area contributed by atoms with Crippen molar-refractivity contribution in [3.63, 3.8) is 0 Å². The molecule has 1 unspecified atom stereocenters. The van der Waals surface area contributed by atoms with E-state index in [1.54, 1.807) is 28.9 Å². The van der Waals surface area contributed by atoms with E-state index >= 15 is 0 Å². The average Bonchev–Trinajstić information content (AvgIpc) is 3.13. The molecule has 1 amide bonds. The molecule has 5 rings (SSSR count). The molecule has 1 atom stereocenters. The molecule has 8 nitrogen and oxygen atoms in total. The predicted molar refractivity (Wildman–Crippen MR) is 108 cm³/mol. The zero-order valence-corrected chi connectivity index (χ0v) is 16.0. The summed E-state index contributed by atoms with van der Waals surface area (Å²) in [6, 6.07) is 10.6. The predicted octanol–water partition coefficient (Wildman–Crippen LogP) is 2.29. The van der Waals surface area contributed by atoms with Crippen LogP contribution >= 0.6 is 0 Å². The Labute approximate surface area is 166 Å². The summed E-state index contributed by atoms with van der Waals surface area (Å²) in [5, 5.41) is 5.31. The number of nitrogens with zero attached hydrogens (tertiary/aromatic N) is 5. The van der Waals surface area contributed by atoms with Crippen molar-refractivity contribution in [2.75, 3.05) is 13.1 Å². The number of nitrogens with one attached hydrogen (secondary N) is 1. The van der Waals surface area contributed by atoms with Crippen LogP contribution < -0.4 is 5.56 Å². The molecular weight excluding hydrogens is 368 g/mol. The zero-order valence-electron chi connectivity index (χ0n) is 16.0. The smallest absolute Gasteiger partial charge is 0.253 e. The molecular formula is C21H20N6O2. The number of carbonyl (C=O) groups is 1. The van der Waals surface area contributed by atoms with E-state index < -0.39 is 0 Å². The fraction of sp³-hybridized carbons (Fsp3) is 0.286. The lowest BCUT2D eigenvalue weighted by molar-refractivity contribution is 0.0705. The first kappa shape index (κ1) is 17.5. The number of aryl methyl sites for hydroxylation is 1. The zero-order chi connectivity index (χ0) is 20.0. The highest BCUT2D eigenvalue weighted by atomic mass is 16.2. The molecule has 29 heavy (non-hydrogen) atoms. The van der Waals surface area contributed by atoms with E-state index in [4.69, 9.17) is 0 Å². The molecule has 0 saturated carbocycles. The lowest BCUT2D eigenvalue weighted by atomic mass is 9.94. The fourth-order valence-corrected chi connectivity index (χ4v) is 4.09. The number of hydrogen-bond acceptors (Lipinski definition) is 5. The Kier molecular flexibility index (Phi) is 4.12. The van der Waals surface area contributed by atoms with E-state index in [1.165, 1.54) is 6.07 Å². The van der Waals surface area contributed by atoms with Gasteiger partial charge in [0.1, 0.15) is 5.82 Å². The summed E-state index contributed by atoms with van der Waals surface area (Å²) in [5.74, 6) is 1.45. The van der Waals surface area contributed by atoms with E-state index in [1.807, 2.05) is 24.0 Å². The van der Waals surface area contributed by atoms with Gasteiger partial charge in [-0.3, -0.25) is 9.59 Å². The third-order valence-electron chi connectivity index (χ3n) is 5.47. The lowest BCUT2D eigenvalue weighted by Gasteiger charge is -2.33. The molecule has 0 aliphatic carbocycles. The second-order valence-electron chi connectivity index (χ2n) is 7.46. The van der Waals surface area contributed by atoms with Gasteiger partial charge in [0.25, 0.3) is 11.7 Å². The maximum atomic E-state index is 13.2. The minimum Gasteiger partial charge on any atom is -0.338 e. The standard InChI is InChI=1S/C21H20N6O2/c1-13-23-21-22-9-8-18(27(21)25-13)16-3-2-10-26(12-16)20(29)15-4-6-17-14(11-15)5-7-19(28)24-17/h4-9,11,16H,2-3,10,12H2,1H3,(H,24,28). The van der Waals surface area contributed by atoms with Crippen molar-refractivity contribution < 1.29 is 4.79 Å². The average molecular weight is 388 g/mol. The molecule has 1 aromatic carbocycles. The maximum Gasteiger partial charge on any atom is 0.253 e. The third-order valence-corrected chi connectivity index (χ3v) is 5.47. The normalized spacial score (nSPS) is 17.1. The molecule has 3 aromatic heterocycles. The summed E-state index contributed by atoms with van der Waals surface area (Å²) >= 11 is 0. The van der Waals surface area contributed by atoms with Crippen LogP contribution in [0.25, 0.3) is 16.7 Å². The molecule has 1 saturated heterocycles. The van der Waals surface area contributed by atoms with E-state index in [9.17, 15) is 9.59 Å². The molecule has 0 radical (unpaired) electrons. The number of amides is 1. The molecule has 8 heteroatoms. The van der Waals surface area contributed by atoms with Gasteiger partial charge in [-0.1, -0.05) is 0 Å². The van der Waals surface area contributed by atoms with Crippen molar-refractivity contribution >= 4 is 22.6 Å². The Morgan fingerprint density at radius 3 is 3.00 bits per heavy atom. The highest BCUT2D eigenvalue weighted by Gasteiger charge is 2.27. The van der Waals surface area contributed by atoms with Crippen LogP contribution in [0.3, 0.4) is 0 Å². The van der Waals surface area contributed by atoms with Gasteiger partial charge in [0.15, 0.2) is 0 Å². The summed E-state index contributed by atoms with van der Waals surface area (Å²) in [6.45, 7) is 3.20. The van der Waals surface area contributed by atoms with Gasteiger partial charge < -0.3 is 9.88 Å². The molecule has 1 aliphatic heterocycles. The van der Waals surface area contributed by atoms with Gasteiger partial charge in [-0.2, -0.15) is 10.1 Å². The number of pyridine rings is 1. The van der Waals surface area contributed by atoms with Crippen LogP contribution in [0.1, 0.15) is 40.6 Å². The van der Waals surface area contributed by atoms with E-state index in [2.05, 4.69) is 20.1 Å². The van der Waals surface area contributed by atoms with Gasteiger partial charge in [0.2, 0.25) is 5.56 Å². The monoisotopic (exact) mass is 388 g/mol. The molecule has 0 bridgehead atoms. The van der Waals surface area contributed by atoms with Crippen molar-refractivity contribution in [3.05, 3.63) is 70.0 Å². The molecule has 1 aliphatic rings. The molecule has 1 N–H and O–H groups in total. The van der Waals surface area contributed by atoms with E-state index in [0.717, 1.165) is 36.0 Å². The first-order valence-electron chi connectivity index (χ1n) is 9.69. The maximum absolute atomic E-state index is 13.2. The lowest BCUT2D eigenvalue weighted by Crippen LogP contribution is -2.39. The Hall–Kier alpha value is -3.55. The number of aromatic amines is 1. The first-order valence-corrected chi connectivity index (χ1v) is 9.69. The molecule has 0 spiro atoms. The number of carbonyl (C=O) groups excluding carboxylic acids is 1. The van der Waals surface area contributed by atoms with Crippen molar-refractivity contribution in [2.24, 2.45) is 0 Å². The number of rotatable bonds is 2. The van der Waals surface area contributed by atoms with Crippen LogP contribution in [-0.2, 0) is 0 Å². The third kappa shape index (κ3) is 3.16. The molecule has 1 fully saturated rings. The Bertz CT molecular complexity index is 1290. The van der Waals surface area contributed by atoms with Crippen LogP contribution in [0.4, 0.5) is 0 Å². The topological polar surface area (TPSA) is 96.2 Å². The summed E-state index contributed by atoms with van der Waals surface area (Å²) in [7, 11) is 0. The van der Waals surface area contributed by atoms with Gasteiger partial charge in [-0.25, -0.2) is 9.50 Å². The number of hydrogen-bond donors (Lipinski definition) is 1. The minimum atomic E-state index is -0.150. The summed E-state index contributed by atoms with van der Waals surface area (Å²) < 4.78 is 1.79. The largest absolute Gasteiger partial charge is 0.338 e. The molecule has 4 aromatic rings.